The highest BCUT2D eigenvalue weighted by atomic mass is 19.4. The minimum Gasteiger partial charge on any atom is -0.478 e. The predicted molar refractivity (Wildman–Crippen MR) is 68.8 cm³/mol. The van der Waals surface area contributed by atoms with E-state index in [9.17, 15) is 18.0 Å². The molecule has 6 heteroatoms. The van der Waals surface area contributed by atoms with Crippen LogP contribution in [-0.4, -0.2) is 17.1 Å². The van der Waals surface area contributed by atoms with Gasteiger partial charge in [-0.15, -0.1) is 0 Å². The Balaban J connectivity index is 2.17. The maximum Gasteiger partial charge on any atom is 0.417 e. The summed E-state index contributed by atoms with van der Waals surface area (Å²) in [5.41, 5.74) is -1.40. The van der Waals surface area contributed by atoms with E-state index in [0.717, 1.165) is 31.4 Å². The Morgan fingerprint density at radius 1 is 1.45 bits per heavy atom. The zero-order chi connectivity index (χ0) is 14.9. The standard InChI is InChI=1S/C14H16F3NO2/c1-2-3-8-6-12(8)18-9-4-5-11(14(15,16)17)10(7-9)13(19)20/h4-5,7-8,12,18H,2-3,6H2,1H3,(H,19,20). The summed E-state index contributed by atoms with van der Waals surface area (Å²) in [6.07, 6.45) is -1.53. The van der Waals surface area contributed by atoms with Crippen LogP contribution >= 0.6 is 0 Å². The van der Waals surface area contributed by atoms with Gasteiger partial charge in [-0.3, -0.25) is 0 Å². The minimum absolute atomic E-state index is 0.244. The number of aromatic carboxylic acids is 1. The molecule has 1 aromatic rings. The number of nitrogens with one attached hydrogen (secondary N) is 1. The molecule has 0 radical (unpaired) electrons. The van der Waals surface area contributed by atoms with E-state index in [2.05, 4.69) is 12.2 Å². The lowest BCUT2D eigenvalue weighted by molar-refractivity contribution is -0.138. The number of carbonyl (C=O) groups is 1. The molecule has 1 aliphatic rings. The average Bonchev–Trinajstić information content (AvgIpc) is 3.06. The Hall–Kier alpha value is -1.72. The third-order valence-electron chi connectivity index (χ3n) is 3.49. The molecule has 1 aliphatic carbocycles. The minimum atomic E-state index is -4.66. The van der Waals surface area contributed by atoms with Crippen molar-refractivity contribution in [2.24, 2.45) is 5.92 Å². The number of carboxylic acid groups (broad SMARTS) is 1. The number of alkyl halides is 3. The van der Waals surface area contributed by atoms with Crippen LogP contribution in [0.1, 0.15) is 42.1 Å². The molecule has 0 aliphatic heterocycles. The number of rotatable bonds is 5. The lowest BCUT2D eigenvalue weighted by atomic mass is 10.1. The first-order valence-corrected chi connectivity index (χ1v) is 6.54. The fraction of sp³-hybridized carbons (Fsp3) is 0.500. The molecule has 2 N–H and O–H groups in total. The van der Waals surface area contributed by atoms with E-state index >= 15 is 0 Å². The first-order chi connectivity index (χ1) is 9.32. The molecule has 0 saturated heterocycles. The van der Waals surface area contributed by atoms with Crippen LogP contribution in [0, 0.1) is 5.92 Å². The number of hydrogen-bond donors (Lipinski definition) is 2. The van der Waals surface area contributed by atoms with Gasteiger partial charge >= 0.3 is 12.1 Å². The summed E-state index contributed by atoms with van der Waals surface area (Å²) in [7, 11) is 0. The van der Waals surface area contributed by atoms with Gasteiger partial charge in [0.2, 0.25) is 0 Å². The van der Waals surface area contributed by atoms with E-state index in [-0.39, 0.29) is 6.04 Å². The lowest BCUT2D eigenvalue weighted by Crippen LogP contribution is -2.14. The van der Waals surface area contributed by atoms with Gasteiger partial charge in [0.25, 0.3) is 0 Å². The summed E-state index contributed by atoms with van der Waals surface area (Å²) >= 11 is 0. The summed E-state index contributed by atoms with van der Waals surface area (Å²) in [4.78, 5) is 11.0. The Kier molecular flexibility index (Phi) is 3.92. The van der Waals surface area contributed by atoms with E-state index in [1.165, 1.54) is 6.07 Å². The topological polar surface area (TPSA) is 49.3 Å². The maximum absolute atomic E-state index is 12.7. The largest absolute Gasteiger partial charge is 0.478 e. The third kappa shape index (κ3) is 3.23. The molecule has 2 rings (SSSR count). The second kappa shape index (κ2) is 5.34. The summed E-state index contributed by atoms with van der Waals surface area (Å²) < 4.78 is 38.1. The fourth-order valence-electron chi connectivity index (χ4n) is 2.39. The van der Waals surface area contributed by atoms with Crippen LogP contribution in [0.2, 0.25) is 0 Å². The molecule has 20 heavy (non-hydrogen) atoms. The van der Waals surface area contributed by atoms with Gasteiger partial charge in [0.1, 0.15) is 0 Å². The van der Waals surface area contributed by atoms with Gasteiger partial charge in [-0.25, -0.2) is 4.79 Å². The van der Waals surface area contributed by atoms with Gasteiger partial charge < -0.3 is 10.4 Å². The first kappa shape index (κ1) is 14.7. The highest BCUT2D eigenvalue weighted by Crippen LogP contribution is 2.38. The highest BCUT2D eigenvalue weighted by Gasteiger charge is 2.37. The third-order valence-corrected chi connectivity index (χ3v) is 3.49. The molecule has 0 spiro atoms. The van der Waals surface area contributed by atoms with Crippen molar-refractivity contribution in [1.82, 2.24) is 0 Å². The summed E-state index contributed by atoms with van der Waals surface area (Å²) in [5, 5.41) is 12.0. The lowest BCUT2D eigenvalue weighted by Gasteiger charge is -2.13. The maximum atomic E-state index is 12.7. The van der Waals surface area contributed by atoms with E-state index in [1.807, 2.05) is 0 Å². The second-order valence-electron chi connectivity index (χ2n) is 5.10. The Morgan fingerprint density at radius 3 is 2.70 bits per heavy atom. The van der Waals surface area contributed by atoms with E-state index in [1.54, 1.807) is 0 Å². The molecule has 1 fully saturated rings. The van der Waals surface area contributed by atoms with Crippen LogP contribution in [0.4, 0.5) is 18.9 Å². The van der Waals surface area contributed by atoms with Crippen molar-refractivity contribution >= 4 is 11.7 Å². The van der Waals surface area contributed by atoms with E-state index < -0.39 is 23.3 Å². The molecule has 110 valence electrons. The van der Waals surface area contributed by atoms with Crippen LogP contribution in [-0.2, 0) is 6.18 Å². The van der Waals surface area contributed by atoms with Gasteiger partial charge in [-0.05, 0) is 37.0 Å². The van der Waals surface area contributed by atoms with Crippen molar-refractivity contribution < 1.29 is 23.1 Å². The fourth-order valence-corrected chi connectivity index (χ4v) is 2.39. The van der Waals surface area contributed by atoms with Crippen molar-refractivity contribution in [2.75, 3.05) is 5.32 Å². The van der Waals surface area contributed by atoms with Gasteiger partial charge in [0.05, 0.1) is 11.1 Å². The average molecular weight is 287 g/mol. The smallest absolute Gasteiger partial charge is 0.417 e. The second-order valence-corrected chi connectivity index (χ2v) is 5.10. The van der Waals surface area contributed by atoms with E-state index in [0.29, 0.717) is 11.6 Å². The Bertz CT molecular complexity index is 514. The van der Waals surface area contributed by atoms with Crippen LogP contribution < -0.4 is 5.32 Å². The number of halogens is 3. The number of anilines is 1. The van der Waals surface area contributed by atoms with Gasteiger partial charge in [-0.1, -0.05) is 13.3 Å². The van der Waals surface area contributed by atoms with Crippen LogP contribution in [0.3, 0.4) is 0 Å². The molecule has 2 atom stereocenters. The van der Waals surface area contributed by atoms with Gasteiger partial charge in [0, 0.05) is 11.7 Å². The van der Waals surface area contributed by atoms with Crippen LogP contribution in [0.25, 0.3) is 0 Å². The summed E-state index contributed by atoms with van der Waals surface area (Å²) in [5.74, 6) is -1.03. The Morgan fingerprint density at radius 2 is 2.15 bits per heavy atom. The summed E-state index contributed by atoms with van der Waals surface area (Å²) in [6, 6.07) is 3.42. The monoisotopic (exact) mass is 287 g/mol. The quantitative estimate of drug-likeness (QED) is 0.860. The van der Waals surface area contributed by atoms with Crippen LogP contribution in [0.5, 0.6) is 0 Å². The molecule has 1 aromatic carbocycles. The molecule has 1 saturated carbocycles. The SMILES string of the molecule is CCCC1CC1Nc1ccc(C(F)(F)F)c(C(=O)O)c1. The van der Waals surface area contributed by atoms with E-state index in [4.69, 9.17) is 5.11 Å². The van der Waals surface area contributed by atoms with Gasteiger partial charge in [-0.2, -0.15) is 13.2 Å². The normalized spacial score (nSPS) is 21.6. The summed E-state index contributed by atoms with van der Waals surface area (Å²) in [6.45, 7) is 2.08. The predicted octanol–water partition coefficient (Wildman–Crippen LogP) is 4.00. The molecule has 0 amide bonds. The molecule has 0 bridgehead atoms. The molecule has 2 unspecified atom stereocenters. The number of benzene rings is 1. The number of carboxylic acids is 1. The molecular formula is C14H16F3NO2. The zero-order valence-corrected chi connectivity index (χ0v) is 11.0. The van der Waals surface area contributed by atoms with Crippen molar-refractivity contribution in [1.29, 1.82) is 0 Å². The molecule has 0 aromatic heterocycles. The number of hydrogen-bond acceptors (Lipinski definition) is 2. The molecule has 0 heterocycles. The van der Waals surface area contributed by atoms with Crippen molar-refractivity contribution in [3.05, 3.63) is 29.3 Å². The van der Waals surface area contributed by atoms with Crippen molar-refractivity contribution in [3.8, 4) is 0 Å². The molecule has 3 nitrogen and oxygen atoms in total. The van der Waals surface area contributed by atoms with Crippen LogP contribution in [0.15, 0.2) is 18.2 Å². The Labute approximate surface area is 114 Å². The zero-order valence-electron chi connectivity index (χ0n) is 11.0. The van der Waals surface area contributed by atoms with Gasteiger partial charge in [0.15, 0.2) is 0 Å². The highest BCUT2D eigenvalue weighted by molar-refractivity contribution is 5.91. The molecular weight excluding hydrogens is 271 g/mol. The van der Waals surface area contributed by atoms with Crippen molar-refractivity contribution in [3.63, 3.8) is 0 Å². The first-order valence-electron chi connectivity index (χ1n) is 6.54. The van der Waals surface area contributed by atoms with Crippen molar-refractivity contribution in [2.45, 2.75) is 38.4 Å².